The normalized spacial score (nSPS) is 20.9. The number of rotatable bonds is 4. The maximum Gasteiger partial charge on any atom is 0.0868 e. The SMILES string of the molecule is CC(C)(CSc1ccccc1)[C@@H]1CO1. The molecule has 0 aliphatic carbocycles. The minimum atomic E-state index is 0.306. The molecule has 14 heavy (non-hydrogen) atoms. The van der Waals surface area contributed by atoms with E-state index in [9.17, 15) is 0 Å². The molecule has 0 unspecified atom stereocenters. The van der Waals surface area contributed by atoms with Gasteiger partial charge in [-0.05, 0) is 12.1 Å². The maximum atomic E-state index is 5.35. The van der Waals surface area contributed by atoms with Crippen LogP contribution in [0.3, 0.4) is 0 Å². The van der Waals surface area contributed by atoms with Crippen molar-refractivity contribution < 1.29 is 4.74 Å². The third kappa shape index (κ3) is 2.52. The summed E-state index contributed by atoms with van der Waals surface area (Å²) in [4.78, 5) is 1.35. The monoisotopic (exact) mass is 208 g/mol. The molecule has 1 aromatic rings. The van der Waals surface area contributed by atoms with Crippen molar-refractivity contribution in [2.45, 2.75) is 24.8 Å². The fourth-order valence-corrected chi connectivity index (χ4v) is 2.45. The Morgan fingerprint density at radius 1 is 1.36 bits per heavy atom. The van der Waals surface area contributed by atoms with Crippen LogP contribution in [-0.2, 0) is 4.74 Å². The van der Waals surface area contributed by atoms with Gasteiger partial charge in [0.2, 0.25) is 0 Å². The molecule has 1 aromatic carbocycles. The molecule has 76 valence electrons. The van der Waals surface area contributed by atoms with Crippen molar-refractivity contribution >= 4 is 11.8 Å². The van der Waals surface area contributed by atoms with E-state index in [1.54, 1.807) is 0 Å². The third-order valence-electron chi connectivity index (χ3n) is 2.56. The van der Waals surface area contributed by atoms with Crippen LogP contribution in [0.4, 0.5) is 0 Å². The summed E-state index contributed by atoms with van der Waals surface area (Å²) in [7, 11) is 0. The smallest absolute Gasteiger partial charge is 0.0868 e. The number of epoxide rings is 1. The van der Waals surface area contributed by atoms with Gasteiger partial charge >= 0.3 is 0 Å². The van der Waals surface area contributed by atoms with E-state index in [0.29, 0.717) is 11.5 Å². The first-order chi connectivity index (χ1) is 6.68. The van der Waals surface area contributed by atoms with Gasteiger partial charge in [-0.3, -0.25) is 0 Å². The maximum absolute atomic E-state index is 5.35. The summed E-state index contributed by atoms with van der Waals surface area (Å²) in [6, 6.07) is 10.5. The molecular formula is C12H16OS. The lowest BCUT2D eigenvalue weighted by Crippen LogP contribution is -2.22. The Morgan fingerprint density at radius 3 is 2.57 bits per heavy atom. The van der Waals surface area contributed by atoms with Crippen LogP contribution in [0.1, 0.15) is 13.8 Å². The third-order valence-corrected chi connectivity index (χ3v) is 4.05. The first kappa shape index (κ1) is 10.1. The Hall–Kier alpha value is -0.470. The standard InChI is InChI=1S/C12H16OS/c1-12(2,11-8-13-11)9-14-10-6-4-3-5-7-10/h3-7,11H,8-9H2,1-2H3/t11-/m0/s1. The molecule has 1 heterocycles. The fourth-order valence-electron chi connectivity index (χ4n) is 1.38. The van der Waals surface area contributed by atoms with Crippen molar-refractivity contribution in [3.63, 3.8) is 0 Å². The van der Waals surface area contributed by atoms with Crippen LogP contribution in [-0.4, -0.2) is 18.5 Å². The molecule has 1 fully saturated rings. The summed E-state index contributed by atoms with van der Waals surface area (Å²) in [6.45, 7) is 5.50. The quantitative estimate of drug-likeness (QED) is 0.556. The number of ether oxygens (including phenoxy) is 1. The predicted octanol–water partition coefficient (Wildman–Crippen LogP) is 3.20. The molecule has 0 bridgehead atoms. The molecule has 0 radical (unpaired) electrons. The zero-order chi connectivity index (χ0) is 10.0. The molecular weight excluding hydrogens is 192 g/mol. The summed E-state index contributed by atoms with van der Waals surface area (Å²) >= 11 is 1.92. The van der Waals surface area contributed by atoms with Crippen LogP contribution in [0.15, 0.2) is 35.2 Å². The zero-order valence-electron chi connectivity index (χ0n) is 8.69. The van der Waals surface area contributed by atoms with Crippen molar-refractivity contribution in [2.24, 2.45) is 5.41 Å². The van der Waals surface area contributed by atoms with Gasteiger partial charge in [0.15, 0.2) is 0 Å². The zero-order valence-corrected chi connectivity index (χ0v) is 9.51. The van der Waals surface area contributed by atoms with E-state index in [1.807, 2.05) is 11.8 Å². The van der Waals surface area contributed by atoms with E-state index in [-0.39, 0.29) is 0 Å². The molecule has 0 spiro atoms. The van der Waals surface area contributed by atoms with Gasteiger partial charge in [0.25, 0.3) is 0 Å². The van der Waals surface area contributed by atoms with Gasteiger partial charge in [-0.1, -0.05) is 32.0 Å². The average molecular weight is 208 g/mol. The Balaban J connectivity index is 1.87. The van der Waals surface area contributed by atoms with Crippen molar-refractivity contribution in [1.82, 2.24) is 0 Å². The first-order valence-electron chi connectivity index (χ1n) is 4.98. The summed E-state index contributed by atoms with van der Waals surface area (Å²) in [5.41, 5.74) is 0.306. The summed E-state index contributed by atoms with van der Waals surface area (Å²) in [6.07, 6.45) is 0.485. The van der Waals surface area contributed by atoms with Gasteiger partial charge < -0.3 is 4.74 Å². The highest BCUT2D eigenvalue weighted by Crippen LogP contribution is 2.37. The van der Waals surface area contributed by atoms with Gasteiger partial charge in [0.05, 0.1) is 12.7 Å². The number of hydrogen-bond acceptors (Lipinski definition) is 2. The lowest BCUT2D eigenvalue weighted by atomic mass is 9.92. The molecule has 0 amide bonds. The van der Waals surface area contributed by atoms with Gasteiger partial charge in [0.1, 0.15) is 0 Å². The van der Waals surface area contributed by atoms with Crippen LogP contribution < -0.4 is 0 Å². The Bertz CT molecular complexity index is 290. The predicted molar refractivity (Wildman–Crippen MR) is 60.7 cm³/mol. The molecule has 2 heteroatoms. The molecule has 0 N–H and O–H groups in total. The van der Waals surface area contributed by atoms with E-state index >= 15 is 0 Å². The molecule has 1 atom stereocenters. The highest BCUT2D eigenvalue weighted by molar-refractivity contribution is 7.99. The first-order valence-corrected chi connectivity index (χ1v) is 5.96. The van der Waals surface area contributed by atoms with Crippen molar-refractivity contribution in [1.29, 1.82) is 0 Å². The summed E-state index contributed by atoms with van der Waals surface area (Å²) in [5.74, 6) is 1.13. The molecule has 1 nitrogen and oxygen atoms in total. The van der Waals surface area contributed by atoms with Gasteiger partial charge in [-0.25, -0.2) is 0 Å². The molecule has 1 aliphatic rings. The summed E-state index contributed by atoms with van der Waals surface area (Å²) < 4.78 is 5.35. The van der Waals surface area contributed by atoms with Gasteiger partial charge in [-0.15, -0.1) is 11.8 Å². The Kier molecular flexibility index (Phi) is 2.84. The minimum absolute atomic E-state index is 0.306. The van der Waals surface area contributed by atoms with E-state index in [0.717, 1.165) is 12.4 Å². The van der Waals surface area contributed by atoms with E-state index in [4.69, 9.17) is 4.74 Å². The molecule has 0 aromatic heterocycles. The van der Waals surface area contributed by atoms with Crippen LogP contribution in [0.2, 0.25) is 0 Å². The largest absolute Gasteiger partial charge is 0.373 e. The lowest BCUT2D eigenvalue weighted by Gasteiger charge is -2.21. The second-order valence-electron chi connectivity index (χ2n) is 4.41. The van der Waals surface area contributed by atoms with Crippen LogP contribution >= 0.6 is 11.8 Å². The highest BCUT2D eigenvalue weighted by atomic mass is 32.2. The minimum Gasteiger partial charge on any atom is -0.373 e. The van der Waals surface area contributed by atoms with E-state index in [1.165, 1.54) is 4.90 Å². The van der Waals surface area contributed by atoms with Gasteiger partial charge in [-0.2, -0.15) is 0 Å². The van der Waals surface area contributed by atoms with Crippen LogP contribution in [0.5, 0.6) is 0 Å². The van der Waals surface area contributed by atoms with Gasteiger partial charge in [0, 0.05) is 16.1 Å². The van der Waals surface area contributed by atoms with E-state index in [2.05, 4.69) is 44.2 Å². The summed E-state index contributed by atoms with van der Waals surface area (Å²) in [5, 5.41) is 0. The number of hydrogen-bond donors (Lipinski definition) is 0. The van der Waals surface area contributed by atoms with Crippen molar-refractivity contribution in [3.05, 3.63) is 30.3 Å². The Labute approximate surface area is 89.9 Å². The number of thioether (sulfide) groups is 1. The second kappa shape index (κ2) is 3.95. The second-order valence-corrected chi connectivity index (χ2v) is 5.46. The van der Waals surface area contributed by atoms with Crippen molar-refractivity contribution in [2.75, 3.05) is 12.4 Å². The molecule has 1 saturated heterocycles. The Morgan fingerprint density at radius 2 is 2.00 bits per heavy atom. The van der Waals surface area contributed by atoms with Crippen molar-refractivity contribution in [3.8, 4) is 0 Å². The van der Waals surface area contributed by atoms with E-state index < -0.39 is 0 Å². The molecule has 1 aliphatic heterocycles. The lowest BCUT2D eigenvalue weighted by molar-refractivity contribution is 0.271. The molecule has 0 saturated carbocycles. The highest BCUT2D eigenvalue weighted by Gasteiger charge is 2.39. The molecule has 2 rings (SSSR count). The van der Waals surface area contributed by atoms with Crippen LogP contribution in [0, 0.1) is 5.41 Å². The van der Waals surface area contributed by atoms with Crippen LogP contribution in [0.25, 0.3) is 0 Å². The number of benzene rings is 1. The topological polar surface area (TPSA) is 12.5 Å². The average Bonchev–Trinajstić information content (AvgIpc) is 3.00. The fraction of sp³-hybridized carbons (Fsp3) is 0.500.